The van der Waals surface area contributed by atoms with Gasteiger partial charge in [-0.05, 0) is 12.1 Å². The highest BCUT2D eigenvalue weighted by Crippen LogP contribution is 2.07. The van der Waals surface area contributed by atoms with Gasteiger partial charge in [-0.15, -0.1) is 0 Å². The Bertz CT molecular complexity index is 491. The third kappa shape index (κ3) is 4.27. The van der Waals surface area contributed by atoms with Gasteiger partial charge in [-0.1, -0.05) is 24.8 Å². The molecular formula is C11H13NO3S. The lowest BCUT2D eigenvalue weighted by Gasteiger charge is -2.06. The van der Waals surface area contributed by atoms with Crippen LogP contribution in [0.3, 0.4) is 0 Å². The number of sulfone groups is 1. The van der Waals surface area contributed by atoms with Crippen molar-refractivity contribution in [1.29, 1.82) is 0 Å². The van der Waals surface area contributed by atoms with Crippen LogP contribution in [0.25, 0.3) is 0 Å². The first-order valence-electron chi connectivity index (χ1n) is 4.60. The molecule has 0 aliphatic carbocycles. The van der Waals surface area contributed by atoms with Crippen molar-refractivity contribution in [2.45, 2.75) is 0 Å². The van der Waals surface area contributed by atoms with E-state index in [1.165, 1.54) is 0 Å². The molecule has 0 saturated heterocycles. The van der Waals surface area contributed by atoms with E-state index in [9.17, 15) is 13.2 Å². The van der Waals surface area contributed by atoms with Gasteiger partial charge in [-0.2, -0.15) is 0 Å². The normalized spacial score (nSPS) is 10.8. The number of anilines is 1. The van der Waals surface area contributed by atoms with Crippen molar-refractivity contribution >= 4 is 21.4 Å². The number of amides is 1. The van der Waals surface area contributed by atoms with Gasteiger partial charge in [-0.25, -0.2) is 8.42 Å². The molecule has 0 radical (unpaired) electrons. The van der Waals surface area contributed by atoms with Gasteiger partial charge >= 0.3 is 0 Å². The maximum absolute atomic E-state index is 11.5. The van der Waals surface area contributed by atoms with Crippen LogP contribution in [0.15, 0.2) is 42.5 Å². The number of carbonyl (C=O) groups excluding carboxylic acids is 1. The highest BCUT2D eigenvalue weighted by molar-refractivity contribution is 7.90. The van der Waals surface area contributed by atoms with Crippen LogP contribution in [0, 0.1) is 0 Å². The van der Waals surface area contributed by atoms with Gasteiger partial charge in [0.05, 0.1) is 5.75 Å². The lowest BCUT2D eigenvalue weighted by atomic mass is 10.3. The Kier molecular flexibility index (Phi) is 3.84. The van der Waals surface area contributed by atoms with Crippen molar-refractivity contribution in [1.82, 2.24) is 0 Å². The molecule has 0 aliphatic rings. The molecule has 0 spiro atoms. The minimum absolute atomic E-state index is 0.0337. The van der Waals surface area contributed by atoms with Gasteiger partial charge in [0.1, 0.15) is 0 Å². The highest BCUT2D eigenvalue weighted by atomic mass is 32.2. The van der Waals surface area contributed by atoms with E-state index in [-0.39, 0.29) is 11.3 Å². The summed E-state index contributed by atoms with van der Waals surface area (Å²) in [6, 6.07) is 8.79. The summed E-state index contributed by atoms with van der Waals surface area (Å²) in [5.41, 5.74) is 0.647. The Morgan fingerprint density at radius 2 is 1.88 bits per heavy atom. The second kappa shape index (κ2) is 4.94. The van der Waals surface area contributed by atoms with E-state index in [0.717, 1.165) is 6.26 Å². The molecule has 0 aliphatic heterocycles. The summed E-state index contributed by atoms with van der Waals surface area (Å²) < 4.78 is 21.9. The third-order valence-corrected chi connectivity index (χ3v) is 2.66. The average Bonchev–Trinajstić information content (AvgIpc) is 2.16. The molecule has 4 nitrogen and oxygen atoms in total. The maximum Gasteiger partial charge on any atom is 0.252 e. The van der Waals surface area contributed by atoms with Gasteiger partial charge in [0.25, 0.3) is 5.91 Å². The lowest BCUT2D eigenvalue weighted by Crippen LogP contribution is -2.19. The number of hydrogen-bond acceptors (Lipinski definition) is 3. The molecule has 0 atom stereocenters. The van der Waals surface area contributed by atoms with E-state index in [1.54, 1.807) is 24.3 Å². The quantitative estimate of drug-likeness (QED) is 0.804. The second-order valence-electron chi connectivity index (χ2n) is 3.49. The fraction of sp³-hybridized carbons (Fsp3) is 0.182. The van der Waals surface area contributed by atoms with Crippen LogP contribution in [0.2, 0.25) is 0 Å². The molecule has 0 bridgehead atoms. The van der Waals surface area contributed by atoms with Crippen molar-refractivity contribution in [2.24, 2.45) is 0 Å². The Hall–Kier alpha value is -1.62. The van der Waals surface area contributed by atoms with Crippen LogP contribution >= 0.6 is 0 Å². The third-order valence-electron chi connectivity index (χ3n) is 1.79. The number of carbonyl (C=O) groups is 1. The first-order chi connectivity index (χ1) is 7.38. The van der Waals surface area contributed by atoms with Crippen LogP contribution in [-0.2, 0) is 14.6 Å². The Labute approximate surface area is 94.9 Å². The van der Waals surface area contributed by atoms with Crippen LogP contribution in [0.4, 0.5) is 5.69 Å². The molecular weight excluding hydrogens is 226 g/mol. The predicted molar refractivity (Wildman–Crippen MR) is 63.9 cm³/mol. The van der Waals surface area contributed by atoms with Crippen molar-refractivity contribution in [3.8, 4) is 0 Å². The van der Waals surface area contributed by atoms with E-state index in [0.29, 0.717) is 5.69 Å². The molecule has 0 heterocycles. The Balaban J connectivity index is 2.64. The molecule has 86 valence electrons. The number of benzene rings is 1. The smallest absolute Gasteiger partial charge is 0.252 e. The summed E-state index contributed by atoms with van der Waals surface area (Å²) in [6.07, 6.45) is 1.06. The summed E-state index contributed by atoms with van der Waals surface area (Å²) in [5, 5.41) is 2.56. The Morgan fingerprint density at radius 1 is 1.31 bits per heavy atom. The molecule has 16 heavy (non-hydrogen) atoms. The van der Waals surface area contributed by atoms with Crippen molar-refractivity contribution in [3.05, 3.63) is 42.5 Å². The van der Waals surface area contributed by atoms with E-state index >= 15 is 0 Å². The van der Waals surface area contributed by atoms with Crippen molar-refractivity contribution in [3.63, 3.8) is 0 Å². The van der Waals surface area contributed by atoms with Crippen LogP contribution in [0.1, 0.15) is 0 Å². The minimum atomic E-state index is -3.22. The zero-order valence-electron chi connectivity index (χ0n) is 8.93. The van der Waals surface area contributed by atoms with E-state index in [2.05, 4.69) is 11.9 Å². The minimum Gasteiger partial charge on any atom is -0.322 e. The average molecular weight is 239 g/mol. The molecule has 1 aromatic rings. The first-order valence-corrected chi connectivity index (χ1v) is 6.66. The fourth-order valence-electron chi connectivity index (χ4n) is 1.12. The molecule has 0 fully saturated rings. The fourth-order valence-corrected chi connectivity index (χ4v) is 1.89. The monoisotopic (exact) mass is 239 g/mol. The first kappa shape index (κ1) is 12.4. The summed E-state index contributed by atoms with van der Waals surface area (Å²) in [7, 11) is -3.22. The van der Waals surface area contributed by atoms with Gasteiger partial charge < -0.3 is 5.32 Å². The lowest BCUT2D eigenvalue weighted by molar-refractivity contribution is -0.112. The van der Waals surface area contributed by atoms with Crippen LogP contribution in [0.5, 0.6) is 0 Å². The summed E-state index contributed by atoms with van der Waals surface area (Å²) in [4.78, 5) is 11.5. The van der Waals surface area contributed by atoms with E-state index < -0.39 is 15.7 Å². The molecule has 0 unspecified atom stereocenters. The zero-order chi connectivity index (χ0) is 12.2. The maximum atomic E-state index is 11.5. The molecule has 5 heteroatoms. The van der Waals surface area contributed by atoms with E-state index in [1.807, 2.05) is 6.07 Å². The number of hydrogen-bond donors (Lipinski definition) is 1. The van der Waals surface area contributed by atoms with Crippen LogP contribution < -0.4 is 5.32 Å². The number of nitrogens with one attached hydrogen (secondary N) is 1. The summed E-state index contributed by atoms with van der Waals surface area (Å²) in [5.74, 6) is -0.803. The number of rotatable bonds is 4. The van der Waals surface area contributed by atoms with Crippen molar-refractivity contribution in [2.75, 3.05) is 17.3 Å². The molecule has 1 rings (SSSR count). The molecule has 1 N–H and O–H groups in total. The summed E-state index contributed by atoms with van der Waals surface area (Å²) >= 11 is 0. The van der Waals surface area contributed by atoms with Crippen LogP contribution in [-0.4, -0.2) is 26.3 Å². The Morgan fingerprint density at radius 3 is 2.38 bits per heavy atom. The summed E-state index contributed by atoms with van der Waals surface area (Å²) in [6.45, 7) is 3.44. The zero-order valence-corrected chi connectivity index (χ0v) is 9.75. The van der Waals surface area contributed by atoms with E-state index in [4.69, 9.17) is 0 Å². The second-order valence-corrected chi connectivity index (χ2v) is 5.63. The van der Waals surface area contributed by atoms with Crippen molar-refractivity contribution < 1.29 is 13.2 Å². The molecule has 1 aromatic carbocycles. The topological polar surface area (TPSA) is 63.2 Å². The molecule has 1 amide bonds. The molecule has 0 aromatic heterocycles. The van der Waals surface area contributed by atoms with Gasteiger partial charge in [0.2, 0.25) is 0 Å². The molecule has 0 saturated carbocycles. The van der Waals surface area contributed by atoms with Gasteiger partial charge in [0.15, 0.2) is 9.84 Å². The predicted octanol–water partition coefficient (Wildman–Crippen LogP) is 1.23. The number of para-hydroxylation sites is 1. The highest BCUT2D eigenvalue weighted by Gasteiger charge is 2.12. The largest absolute Gasteiger partial charge is 0.322 e. The SMILES string of the molecule is C=C(CS(C)(=O)=O)C(=O)Nc1ccccc1. The standard InChI is InChI=1S/C11H13NO3S/c1-9(8-16(2,14)15)11(13)12-10-6-4-3-5-7-10/h3-7H,1,8H2,2H3,(H,12,13). The van der Waals surface area contributed by atoms with Gasteiger partial charge in [0, 0.05) is 17.5 Å². The van der Waals surface area contributed by atoms with Gasteiger partial charge in [-0.3, -0.25) is 4.79 Å².